The van der Waals surface area contributed by atoms with Gasteiger partial charge < -0.3 is 14.8 Å². The number of aromatic nitrogens is 1. The maximum atomic E-state index is 12.3. The summed E-state index contributed by atoms with van der Waals surface area (Å²) >= 11 is 0. The number of ether oxygens (including phenoxy) is 2. The predicted molar refractivity (Wildman–Crippen MR) is 91.3 cm³/mol. The van der Waals surface area contributed by atoms with Gasteiger partial charge in [-0.1, -0.05) is 6.92 Å². The fourth-order valence-electron chi connectivity index (χ4n) is 3.40. The Hall–Kier alpha value is -1.66. The molecule has 0 bridgehead atoms. The zero-order valence-electron chi connectivity index (χ0n) is 14.4. The Labute approximate surface area is 143 Å². The van der Waals surface area contributed by atoms with E-state index in [1.165, 1.54) is 6.42 Å². The van der Waals surface area contributed by atoms with Crippen molar-refractivity contribution < 1.29 is 14.3 Å². The molecule has 2 saturated heterocycles. The SMILES string of the molecule is CCN1CCC[C@@H]1CNC(=O)c1ccc(OC2CCOCC2)nc1. The summed E-state index contributed by atoms with van der Waals surface area (Å²) in [5, 5.41) is 3.03. The monoisotopic (exact) mass is 333 g/mol. The summed E-state index contributed by atoms with van der Waals surface area (Å²) in [6.07, 6.45) is 5.90. The van der Waals surface area contributed by atoms with E-state index in [-0.39, 0.29) is 12.0 Å². The molecule has 0 spiro atoms. The van der Waals surface area contributed by atoms with Crippen LogP contribution in [0, 0.1) is 0 Å². The molecule has 2 fully saturated rings. The van der Waals surface area contributed by atoms with Gasteiger partial charge >= 0.3 is 0 Å². The molecule has 3 heterocycles. The van der Waals surface area contributed by atoms with Crippen LogP contribution in [-0.4, -0.2) is 60.8 Å². The van der Waals surface area contributed by atoms with Crippen LogP contribution in [0.15, 0.2) is 18.3 Å². The molecule has 2 aliphatic heterocycles. The van der Waals surface area contributed by atoms with Gasteiger partial charge in [0.15, 0.2) is 0 Å². The molecule has 1 amide bonds. The average Bonchev–Trinajstić information content (AvgIpc) is 3.09. The van der Waals surface area contributed by atoms with Gasteiger partial charge in [0.05, 0.1) is 18.8 Å². The fraction of sp³-hybridized carbons (Fsp3) is 0.667. The Morgan fingerprint density at radius 3 is 2.92 bits per heavy atom. The molecule has 3 rings (SSSR count). The van der Waals surface area contributed by atoms with E-state index in [1.807, 2.05) is 0 Å². The van der Waals surface area contributed by atoms with Crippen molar-refractivity contribution in [1.29, 1.82) is 0 Å². The summed E-state index contributed by atoms with van der Waals surface area (Å²) in [7, 11) is 0. The summed E-state index contributed by atoms with van der Waals surface area (Å²) in [5.74, 6) is 0.509. The first kappa shape index (κ1) is 17.2. The van der Waals surface area contributed by atoms with Crippen LogP contribution in [0.25, 0.3) is 0 Å². The van der Waals surface area contributed by atoms with Crippen molar-refractivity contribution in [2.24, 2.45) is 0 Å². The average molecular weight is 333 g/mol. The largest absolute Gasteiger partial charge is 0.474 e. The number of likely N-dealkylation sites (N-methyl/N-ethyl adjacent to an activating group) is 1. The summed E-state index contributed by atoms with van der Waals surface area (Å²) in [5.41, 5.74) is 0.579. The molecule has 6 nitrogen and oxygen atoms in total. The highest BCUT2D eigenvalue weighted by atomic mass is 16.5. The molecule has 132 valence electrons. The smallest absolute Gasteiger partial charge is 0.252 e. The number of hydrogen-bond donors (Lipinski definition) is 1. The Morgan fingerprint density at radius 1 is 1.38 bits per heavy atom. The summed E-state index contributed by atoms with van der Waals surface area (Å²) in [4.78, 5) is 19.0. The number of rotatable bonds is 6. The molecule has 0 unspecified atom stereocenters. The molecular weight excluding hydrogens is 306 g/mol. The zero-order valence-corrected chi connectivity index (χ0v) is 14.4. The number of carbonyl (C=O) groups excluding carboxylic acids is 1. The van der Waals surface area contributed by atoms with Crippen molar-refractivity contribution >= 4 is 5.91 Å². The summed E-state index contributed by atoms with van der Waals surface area (Å²) < 4.78 is 11.1. The summed E-state index contributed by atoms with van der Waals surface area (Å²) in [6.45, 7) is 6.52. The van der Waals surface area contributed by atoms with Crippen LogP contribution in [0.2, 0.25) is 0 Å². The fourth-order valence-corrected chi connectivity index (χ4v) is 3.40. The minimum Gasteiger partial charge on any atom is -0.474 e. The molecule has 1 N–H and O–H groups in total. The van der Waals surface area contributed by atoms with E-state index < -0.39 is 0 Å². The maximum absolute atomic E-state index is 12.3. The second kappa shape index (κ2) is 8.44. The third-order valence-electron chi connectivity index (χ3n) is 4.86. The number of nitrogens with one attached hydrogen (secondary N) is 1. The van der Waals surface area contributed by atoms with Gasteiger partial charge in [0.1, 0.15) is 6.10 Å². The molecule has 1 aromatic heterocycles. The highest BCUT2D eigenvalue weighted by molar-refractivity contribution is 5.93. The van der Waals surface area contributed by atoms with Crippen molar-refractivity contribution in [3.63, 3.8) is 0 Å². The lowest BCUT2D eigenvalue weighted by Crippen LogP contribution is -2.40. The number of amides is 1. The van der Waals surface area contributed by atoms with Crippen molar-refractivity contribution in [1.82, 2.24) is 15.2 Å². The van der Waals surface area contributed by atoms with Crippen LogP contribution in [0.5, 0.6) is 5.88 Å². The van der Waals surface area contributed by atoms with Crippen molar-refractivity contribution in [3.8, 4) is 5.88 Å². The number of likely N-dealkylation sites (tertiary alicyclic amines) is 1. The van der Waals surface area contributed by atoms with Gasteiger partial charge in [-0.3, -0.25) is 9.69 Å². The third-order valence-corrected chi connectivity index (χ3v) is 4.86. The van der Waals surface area contributed by atoms with Crippen LogP contribution in [-0.2, 0) is 4.74 Å². The summed E-state index contributed by atoms with van der Waals surface area (Å²) in [6, 6.07) is 4.02. The number of nitrogens with zero attached hydrogens (tertiary/aromatic N) is 2. The second-order valence-corrected chi connectivity index (χ2v) is 6.45. The van der Waals surface area contributed by atoms with Gasteiger partial charge in [-0.15, -0.1) is 0 Å². The van der Waals surface area contributed by atoms with Crippen LogP contribution in [0.1, 0.15) is 43.0 Å². The lowest BCUT2D eigenvalue weighted by atomic mass is 10.1. The topological polar surface area (TPSA) is 63.7 Å². The minimum atomic E-state index is -0.0666. The highest BCUT2D eigenvalue weighted by Gasteiger charge is 2.23. The molecule has 0 saturated carbocycles. The van der Waals surface area contributed by atoms with Gasteiger partial charge in [0, 0.05) is 37.7 Å². The van der Waals surface area contributed by atoms with E-state index >= 15 is 0 Å². The highest BCUT2D eigenvalue weighted by Crippen LogP contribution is 2.17. The number of carbonyl (C=O) groups is 1. The molecular formula is C18H27N3O3. The Kier molecular flexibility index (Phi) is 6.04. The van der Waals surface area contributed by atoms with Gasteiger partial charge in [0.2, 0.25) is 5.88 Å². The third kappa shape index (κ3) is 4.45. The van der Waals surface area contributed by atoms with E-state index in [4.69, 9.17) is 9.47 Å². The Morgan fingerprint density at radius 2 is 2.21 bits per heavy atom. The van der Waals surface area contributed by atoms with Crippen LogP contribution >= 0.6 is 0 Å². The molecule has 1 atom stereocenters. The first-order valence-corrected chi connectivity index (χ1v) is 8.99. The second-order valence-electron chi connectivity index (χ2n) is 6.45. The zero-order chi connectivity index (χ0) is 16.8. The first-order chi connectivity index (χ1) is 11.8. The van der Waals surface area contributed by atoms with Crippen molar-refractivity contribution in [2.45, 2.75) is 44.8 Å². The van der Waals surface area contributed by atoms with Gasteiger partial charge in [-0.05, 0) is 32.0 Å². The molecule has 0 aliphatic carbocycles. The number of pyridine rings is 1. The van der Waals surface area contributed by atoms with Crippen molar-refractivity contribution in [2.75, 3.05) is 32.8 Å². The lowest BCUT2D eigenvalue weighted by Gasteiger charge is -2.23. The Bertz CT molecular complexity index is 529. The van der Waals surface area contributed by atoms with Crippen LogP contribution in [0.4, 0.5) is 0 Å². The van der Waals surface area contributed by atoms with Crippen LogP contribution < -0.4 is 10.1 Å². The van der Waals surface area contributed by atoms with Crippen LogP contribution in [0.3, 0.4) is 0 Å². The van der Waals surface area contributed by atoms with E-state index in [1.54, 1.807) is 18.3 Å². The molecule has 0 aromatic carbocycles. The molecule has 6 heteroatoms. The lowest BCUT2D eigenvalue weighted by molar-refractivity contribution is 0.0237. The van der Waals surface area contributed by atoms with Gasteiger partial charge in [0.25, 0.3) is 5.91 Å². The standard InChI is InChI=1S/C18H27N3O3/c1-2-21-9-3-4-15(21)13-20-18(22)14-5-6-17(19-12-14)24-16-7-10-23-11-8-16/h5-6,12,15-16H,2-4,7-11,13H2,1H3,(H,20,22)/t15-/m1/s1. The van der Waals surface area contributed by atoms with Gasteiger partial charge in [-0.25, -0.2) is 4.98 Å². The molecule has 24 heavy (non-hydrogen) atoms. The van der Waals surface area contributed by atoms with E-state index in [9.17, 15) is 4.79 Å². The quantitative estimate of drug-likeness (QED) is 0.861. The number of hydrogen-bond acceptors (Lipinski definition) is 5. The van der Waals surface area contributed by atoms with E-state index in [0.717, 1.165) is 45.6 Å². The van der Waals surface area contributed by atoms with Crippen molar-refractivity contribution in [3.05, 3.63) is 23.9 Å². The molecule has 0 radical (unpaired) electrons. The first-order valence-electron chi connectivity index (χ1n) is 8.99. The maximum Gasteiger partial charge on any atom is 0.252 e. The molecule has 1 aromatic rings. The Balaban J connectivity index is 1.48. The van der Waals surface area contributed by atoms with Gasteiger partial charge in [-0.2, -0.15) is 0 Å². The minimum absolute atomic E-state index is 0.0666. The van der Waals surface area contributed by atoms with E-state index in [0.29, 0.717) is 24.0 Å². The molecule has 2 aliphatic rings. The van der Waals surface area contributed by atoms with E-state index in [2.05, 4.69) is 22.1 Å². The normalized spacial score (nSPS) is 22.5. The predicted octanol–water partition coefficient (Wildman–Crippen LogP) is 1.85.